The number of carbonyl (C=O) groups excluding carboxylic acids is 1. The van der Waals surface area contributed by atoms with Gasteiger partial charge in [-0.3, -0.25) is 0 Å². The Kier molecular flexibility index (Phi) is 4.23. The van der Waals surface area contributed by atoms with Crippen LogP contribution >= 0.6 is 0 Å². The van der Waals surface area contributed by atoms with Gasteiger partial charge in [0.2, 0.25) is 0 Å². The van der Waals surface area contributed by atoms with Crippen LogP contribution in [-0.4, -0.2) is 48.5 Å². The van der Waals surface area contributed by atoms with Crippen LogP contribution in [0, 0.1) is 0 Å². The van der Waals surface area contributed by atoms with Crippen LogP contribution in [0.25, 0.3) is 0 Å². The molecule has 122 valence electrons. The molecule has 1 N–H and O–H groups in total. The lowest BCUT2D eigenvalue weighted by Crippen LogP contribution is -2.58. The first-order valence-corrected chi connectivity index (χ1v) is 8.24. The maximum Gasteiger partial charge on any atom is 0.410 e. The fourth-order valence-corrected chi connectivity index (χ4v) is 3.04. The molecule has 1 aromatic carbocycles. The minimum Gasteiger partial charge on any atom is -0.508 e. The average Bonchev–Trinajstić information content (AvgIpc) is 2.26. The average molecular weight is 329 g/mol. The third kappa shape index (κ3) is 4.03. The highest BCUT2D eigenvalue weighted by Gasteiger charge is 2.42. The molecule has 0 aliphatic carbocycles. The number of hydrogen-bond acceptors (Lipinski definition) is 6. The van der Waals surface area contributed by atoms with Crippen molar-refractivity contribution in [3.8, 4) is 11.5 Å². The van der Waals surface area contributed by atoms with E-state index < -0.39 is 27.1 Å². The Morgan fingerprint density at radius 1 is 1.23 bits per heavy atom. The van der Waals surface area contributed by atoms with Gasteiger partial charge in [0.05, 0.1) is 0 Å². The quantitative estimate of drug-likeness (QED) is 0.849. The number of ether oxygens (including phenoxy) is 1. The number of phenols is 1. The SMILES string of the molecule is CC(C)(C)OC(=O)N1CC(S(=O)(=O)Oc2ccc(O)cc2)C1. The zero-order chi connectivity index (χ0) is 16.5. The van der Waals surface area contributed by atoms with E-state index in [0.717, 1.165) is 0 Å². The van der Waals surface area contributed by atoms with Crippen molar-refractivity contribution in [3.05, 3.63) is 24.3 Å². The maximum absolute atomic E-state index is 12.1. The summed E-state index contributed by atoms with van der Waals surface area (Å²) in [5.74, 6) is 0.137. The van der Waals surface area contributed by atoms with E-state index in [9.17, 15) is 13.2 Å². The predicted molar refractivity (Wildman–Crippen MR) is 79.2 cm³/mol. The van der Waals surface area contributed by atoms with Crippen LogP contribution in [0.3, 0.4) is 0 Å². The van der Waals surface area contributed by atoms with Gasteiger partial charge in [-0.1, -0.05) is 0 Å². The Morgan fingerprint density at radius 3 is 2.27 bits per heavy atom. The van der Waals surface area contributed by atoms with Crippen molar-refractivity contribution >= 4 is 16.2 Å². The van der Waals surface area contributed by atoms with E-state index >= 15 is 0 Å². The van der Waals surface area contributed by atoms with Crippen LogP contribution in [0.4, 0.5) is 4.79 Å². The molecule has 1 fully saturated rings. The van der Waals surface area contributed by atoms with Crippen LogP contribution < -0.4 is 4.18 Å². The van der Waals surface area contributed by atoms with Gasteiger partial charge in [-0.25, -0.2) is 4.79 Å². The molecule has 0 bridgehead atoms. The minimum atomic E-state index is -3.83. The normalized spacial score (nSPS) is 16.0. The van der Waals surface area contributed by atoms with E-state index in [4.69, 9.17) is 14.0 Å². The first kappa shape index (κ1) is 16.4. The molecule has 1 aromatic rings. The number of amides is 1. The monoisotopic (exact) mass is 329 g/mol. The van der Waals surface area contributed by atoms with Gasteiger partial charge in [-0.15, -0.1) is 0 Å². The maximum atomic E-state index is 12.1. The van der Waals surface area contributed by atoms with Crippen LogP contribution in [0.15, 0.2) is 24.3 Å². The third-order valence-electron chi connectivity index (χ3n) is 2.96. The lowest BCUT2D eigenvalue weighted by atomic mass is 10.2. The van der Waals surface area contributed by atoms with Crippen molar-refractivity contribution in [3.63, 3.8) is 0 Å². The molecular weight excluding hydrogens is 310 g/mol. The van der Waals surface area contributed by atoms with Gasteiger partial charge >= 0.3 is 16.2 Å². The summed E-state index contributed by atoms with van der Waals surface area (Å²) in [7, 11) is -3.83. The summed E-state index contributed by atoms with van der Waals surface area (Å²) in [4.78, 5) is 13.1. The van der Waals surface area contributed by atoms with E-state index in [1.54, 1.807) is 20.8 Å². The highest BCUT2D eigenvalue weighted by molar-refractivity contribution is 7.87. The highest BCUT2D eigenvalue weighted by atomic mass is 32.2. The van der Waals surface area contributed by atoms with Gasteiger partial charge in [-0.2, -0.15) is 8.42 Å². The summed E-state index contributed by atoms with van der Waals surface area (Å²) < 4.78 is 34.2. The van der Waals surface area contributed by atoms with E-state index in [1.165, 1.54) is 29.2 Å². The minimum absolute atomic E-state index is 0.0180. The van der Waals surface area contributed by atoms with Crippen LogP contribution in [-0.2, 0) is 14.9 Å². The molecule has 0 atom stereocenters. The largest absolute Gasteiger partial charge is 0.508 e. The molecule has 1 amide bonds. The fourth-order valence-electron chi connectivity index (χ4n) is 1.80. The van der Waals surface area contributed by atoms with Gasteiger partial charge in [-0.05, 0) is 45.0 Å². The number of benzene rings is 1. The lowest BCUT2D eigenvalue weighted by Gasteiger charge is -2.38. The predicted octanol–water partition coefficient (Wildman–Crippen LogP) is 1.72. The molecule has 1 aliphatic heterocycles. The number of carbonyl (C=O) groups is 1. The van der Waals surface area contributed by atoms with Gasteiger partial charge in [0, 0.05) is 13.1 Å². The Morgan fingerprint density at radius 2 is 1.77 bits per heavy atom. The second-order valence-electron chi connectivity index (χ2n) is 6.08. The van der Waals surface area contributed by atoms with Crippen molar-refractivity contribution in [2.24, 2.45) is 0 Å². The molecule has 8 heteroatoms. The first-order valence-electron chi connectivity index (χ1n) is 6.77. The Labute approximate surface area is 129 Å². The number of aromatic hydroxyl groups is 1. The summed E-state index contributed by atoms with van der Waals surface area (Å²) in [6.45, 7) is 5.30. The Bertz CT molecular complexity index is 641. The van der Waals surface area contributed by atoms with Crippen molar-refractivity contribution in [1.82, 2.24) is 4.90 Å². The molecule has 0 aromatic heterocycles. The van der Waals surface area contributed by atoms with E-state index in [2.05, 4.69) is 0 Å². The van der Waals surface area contributed by atoms with Gasteiger partial charge in [0.1, 0.15) is 22.4 Å². The lowest BCUT2D eigenvalue weighted by molar-refractivity contribution is 0.0135. The molecule has 1 heterocycles. The fraction of sp³-hybridized carbons (Fsp3) is 0.500. The standard InChI is InChI=1S/C14H19NO6S/c1-14(2,3)20-13(17)15-8-12(9-15)22(18,19)21-11-6-4-10(16)5-7-11/h4-7,12,16H,8-9H2,1-3H3. The second kappa shape index (κ2) is 5.68. The number of rotatable bonds is 3. The Balaban J connectivity index is 1.91. The number of hydrogen-bond donors (Lipinski definition) is 1. The summed E-state index contributed by atoms with van der Waals surface area (Å²) in [6, 6.07) is 5.38. The molecular formula is C14H19NO6S. The van der Waals surface area contributed by atoms with E-state index in [0.29, 0.717) is 0 Å². The zero-order valence-electron chi connectivity index (χ0n) is 12.6. The summed E-state index contributed by atoms with van der Waals surface area (Å²) in [6.07, 6.45) is -0.538. The summed E-state index contributed by atoms with van der Waals surface area (Å²) >= 11 is 0. The third-order valence-corrected chi connectivity index (χ3v) is 4.50. The van der Waals surface area contributed by atoms with Crippen LogP contribution in [0.1, 0.15) is 20.8 Å². The number of likely N-dealkylation sites (tertiary alicyclic amines) is 1. The molecule has 0 unspecified atom stereocenters. The van der Waals surface area contributed by atoms with E-state index in [1.807, 2.05) is 0 Å². The number of nitrogens with zero attached hydrogens (tertiary/aromatic N) is 1. The van der Waals surface area contributed by atoms with Crippen molar-refractivity contribution < 1.29 is 27.2 Å². The van der Waals surface area contributed by atoms with Gasteiger partial charge in [0.15, 0.2) is 0 Å². The molecule has 7 nitrogen and oxygen atoms in total. The van der Waals surface area contributed by atoms with Gasteiger partial charge < -0.3 is 18.9 Å². The first-order chi connectivity index (χ1) is 10.1. The molecule has 0 spiro atoms. The molecule has 22 heavy (non-hydrogen) atoms. The smallest absolute Gasteiger partial charge is 0.410 e. The second-order valence-corrected chi connectivity index (χ2v) is 7.90. The molecule has 2 rings (SSSR count). The number of phenolic OH excluding ortho intramolecular Hbond substituents is 1. The zero-order valence-corrected chi connectivity index (χ0v) is 13.5. The highest BCUT2D eigenvalue weighted by Crippen LogP contribution is 2.24. The molecule has 0 saturated carbocycles. The Hall–Kier alpha value is -1.96. The molecule has 1 aliphatic rings. The van der Waals surface area contributed by atoms with Crippen LogP contribution in [0.2, 0.25) is 0 Å². The van der Waals surface area contributed by atoms with Crippen LogP contribution in [0.5, 0.6) is 11.5 Å². The molecule has 0 radical (unpaired) electrons. The van der Waals surface area contributed by atoms with Gasteiger partial charge in [0.25, 0.3) is 0 Å². The summed E-state index contributed by atoms with van der Waals surface area (Å²) in [5, 5.41) is 8.36. The summed E-state index contributed by atoms with van der Waals surface area (Å²) in [5.41, 5.74) is -0.621. The molecule has 1 saturated heterocycles. The van der Waals surface area contributed by atoms with E-state index in [-0.39, 0.29) is 24.6 Å². The topological polar surface area (TPSA) is 93.1 Å². The van der Waals surface area contributed by atoms with Crippen molar-refractivity contribution in [2.45, 2.75) is 31.6 Å². The van der Waals surface area contributed by atoms with Crippen molar-refractivity contribution in [1.29, 1.82) is 0 Å². The van der Waals surface area contributed by atoms with Crippen molar-refractivity contribution in [2.75, 3.05) is 13.1 Å².